The van der Waals surface area contributed by atoms with Gasteiger partial charge >= 0.3 is 0 Å². The van der Waals surface area contributed by atoms with Crippen LogP contribution in [0.1, 0.15) is 25.1 Å². The summed E-state index contributed by atoms with van der Waals surface area (Å²) in [5.74, 6) is -1.38. The van der Waals surface area contributed by atoms with Crippen LogP contribution in [0.5, 0.6) is 5.75 Å². The Morgan fingerprint density at radius 1 is 1.00 bits per heavy atom. The molecule has 0 atom stereocenters. The SMILES string of the molecule is CC(C)S(=O)(=O)c1cnc(CS(=O)(=O)Cc2cc(Cl)cc(Cl)c2)c(O)c1. The Labute approximate surface area is 162 Å². The molecule has 0 aliphatic rings. The van der Waals surface area contributed by atoms with Gasteiger partial charge in [-0.15, -0.1) is 0 Å². The normalized spacial score (nSPS) is 12.5. The van der Waals surface area contributed by atoms with Crippen molar-refractivity contribution in [3.8, 4) is 5.75 Å². The molecule has 0 aliphatic heterocycles. The summed E-state index contributed by atoms with van der Waals surface area (Å²) >= 11 is 11.7. The van der Waals surface area contributed by atoms with Crippen molar-refractivity contribution in [1.29, 1.82) is 0 Å². The number of aromatic nitrogens is 1. The third kappa shape index (κ3) is 5.09. The van der Waals surface area contributed by atoms with Crippen molar-refractivity contribution in [2.75, 3.05) is 0 Å². The molecule has 1 N–H and O–H groups in total. The first-order chi connectivity index (χ1) is 11.9. The summed E-state index contributed by atoms with van der Waals surface area (Å²) in [5.41, 5.74) is 0.279. The van der Waals surface area contributed by atoms with Crippen molar-refractivity contribution >= 4 is 42.9 Å². The van der Waals surface area contributed by atoms with Crippen LogP contribution in [-0.2, 0) is 31.2 Å². The van der Waals surface area contributed by atoms with Crippen molar-refractivity contribution in [3.05, 3.63) is 51.8 Å². The Kier molecular flexibility index (Phi) is 6.22. The summed E-state index contributed by atoms with van der Waals surface area (Å²) in [5, 5.41) is 9.96. The molecule has 1 heterocycles. The van der Waals surface area contributed by atoms with Crippen LogP contribution in [0.2, 0.25) is 10.0 Å². The largest absolute Gasteiger partial charge is 0.506 e. The number of aromatic hydroxyl groups is 1. The number of hydrogen-bond donors (Lipinski definition) is 1. The van der Waals surface area contributed by atoms with Crippen LogP contribution in [0, 0.1) is 0 Å². The van der Waals surface area contributed by atoms with Crippen molar-refractivity contribution < 1.29 is 21.9 Å². The second-order valence-electron chi connectivity index (χ2n) is 6.04. The highest BCUT2D eigenvalue weighted by Gasteiger charge is 2.23. The highest BCUT2D eigenvalue weighted by atomic mass is 35.5. The van der Waals surface area contributed by atoms with Crippen LogP contribution in [0.3, 0.4) is 0 Å². The van der Waals surface area contributed by atoms with Gasteiger partial charge in [0, 0.05) is 22.3 Å². The Bertz CT molecular complexity index is 1010. The Morgan fingerprint density at radius 3 is 2.08 bits per heavy atom. The van der Waals surface area contributed by atoms with Crippen LogP contribution >= 0.6 is 23.2 Å². The second-order valence-corrected chi connectivity index (χ2v) is 11.5. The molecular weight excluding hydrogens is 421 g/mol. The molecule has 0 bridgehead atoms. The number of pyridine rings is 1. The average molecular weight is 438 g/mol. The van der Waals surface area contributed by atoms with Crippen LogP contribution in [-0.4, -0.2) is 32.2 Å². The third-order valence-corrected chi connectivity index (χ3v) is 7.58. The Hall–Kier alpha value is -1.35. The quantitative estimate of drug-likeness (QED) is 0.742. The van der Waals surface area contributed by atoms with E-state index in [-0.39, 0.29) is 16.3 Å². The van der Waals surface area contributed by atoms with Gasteiger partial charge in [0.2, 0.25) is 0 Å². The molecule has 0 aliphatic carbocycles. The molecule has 1 aromatic carbocycles. The monoisotopic (exact) mass is 437 g/mol. The van der Waals surface area contributed by atoms with E-state index in [0.717, 1.165) is 12.3 Å². The summed E-state index contributed by atoms with van der Waals surface area (Å²) in [6.45, 7) is 3.00. The van der Waals surface area contributed by atoms with Crippen molar-refractivity contribution in [2.24, 2.45) is 0 Å². The standard InChI is InChI=1S/C16H17Cl2NO5S2/c1-10(2)26(23,24)14-6-16(20)15(19-7-14)9-25(21,22)8-11-3-12(17)5-13(18)4-11/h3-7,10,20H,8-9H2,1-2H3. The first-order valence-corrected chi connectivity index (χ1v) is 11.6. The average Bonchev–Trinajstić information content (AvgIpc) is 2.47. The van der Waals surface area contributed by atoms with Gasteiger partial charge in [0.05, 0.1) is 27.3 Å². The molecule has 0 radical (unpaired) electrons. The zero-order chi connectivity index (χ0) is 19.7. The number of nitrogens with zero attached hydrogens (tertiary/aromatic N) is 1. The number of hydrogen-bond acceptors (Lipinski definition) is 6. The molecule has 0 spiro atoms. The second kappa shape index (κ2) is 7.72. The van der Waals surface area contributed by atoms with Crippen molar-refractivity contribution in [1.82, 2.24) is 4.98 Å². The van der Waals surface area contributed by atoms with Gasteiger partial charge < -0.3 is 5.11 Å². The van der Waals surface area contributed by atoms with Crippen molar-refractivity contribution in [3.63, 3.8) is 0 Å². The van der Waals surface area contributed by atoms with Crippen LogP contribution in [0.15, 0.2) is 35.4 Å². The molecule has 0 amide bonds. The smallest absolute Gasteiger partial charge is 0.182 e. The van der Waals surface area contributed by atoms with Gasteiger partial charge in [-0.1, -0.05) is 23.2 Å². The van der Waals surface area contributed by atoms with Gasteiger partial charge in [-0.05, 0) is 37.6 Å². The summed E-state index contributed by atoms with van der Waals surface area (Å²) in [7, 11) is -7.32. The lowest BCUT2D eigenvalue weighted by Gasteiger charge is -2.10. The van der Waals surface area contributed by atoms with E-state index in [9.17, 15) is 21.9 Å². The lowest BCUT2D eigenvalue weighted by molar-refractivity contribution is 0.463. The molecule has 10 heteroatoms. The number of benzene rings is 1. The number of rotatable bonds is 6. The predicted molar refractivity (Wildman–Crippen MR) is 101 cm³/mol. The molecule has 6 nitrogen and oxygen atoms in total. The molecule has 0 fully saturated rings. The molecule has 0 saturated heterocycles. The van der Waals surface area contributed by atoms with Gasteiger partial charge in [0.25, 0.3) is 0 Å². The maximum Gasteiger partial charge on any atom is 0.182 e. The minimum Gasteiger partial charge on any atom is -0.506 e. The molecule has 142 valence electrons. The molecule has 2 rings (SSSR count). The van der Waals surface area contributed by atoms with Crippen molar-refractivity contribution in [2.45, 2.75) is 35.5 Å². The van der Waals surface area contributed by atoms with Gasteiger partial charge in [-0.25, -0.2) is 16.8 Å². The van der Waals surface area contributed by atoms with E-state index in [0.29, 0.717) is 15.6 Å². The number of halogens is 2. The van der Waals surface area contributed by atoms with E-state index in [1.807, 2.05) is 0 Å². The van der Waals surface area contributed by atoms with Crippen LogP contribution in [0.4, 0.5) is 0 Å². The first-order valence-electron chi connectivity index (χ1n) is 7.48. The van der Waals surface area contributed by atoms with E-state index < -0.39 is 36.4 Å². The highest BCUT2D eigenvalue weighted by Crippen LogP contribution is 2.26. The van der Waals surface area contributed by atoms with Gasteiger partial charge in [0.15, 0.2) is 19.7 Å². The van der Waals surface area contributed by atoms with E-state index in [4.69, 9.17) is 23.2 Å². The zero-order valence-electron chi connectivity index (χ0n) is 14.0. The van der Waals surface area contributed by atoms with Crippen LogP contribution < -0.4 is 0 Å². The van der Waals surface area contributed by atoms with Gasteiger partial charge in [0.1, 0.15) is 5.75 Å². The molecule has 1 aromatic heterocycles. The maximum atomic E-state index is 12.4. The third-order valence-electron chi connectivity index (χ3n) is 3.54. The highest BCUT2D eigenvalue weighted by molar-refractivity contribution is 7.92. The Morgan fingerprint density at radius 2 is 1.58 bits per heavy atom. The van der Waals surface area contributed by atoms with Gasteiger partial charge in [-0.2, -0.15) is 0 Å². The topological polar surface area (TPSA) is 101 Å². The summed E-state index contributed by atoms with van der Waals surface area (Å²) in [6, 6.07) is 5.47. The Balaban J connectivity index is 2.27. The first kappa shape index (κ1) is 21.0. The number of sulfone groups is 2. The molecular formula is C16H17Cl2NO5S2. The summed E-state index contributed by atoms with van der Waals surface area (Å²) < 4.78 is 48.9. The molecule has 2 aromatic rings. The fourth-order valence-corrected chi connectivity index (χ4v) is 5.22. The maximum absolute atomic E-state index is 12.4. The fourth-order valence-electron chi connectivity index (χ4n) is 2.21. The molecule has 0 unspecified atom stereocenters. The zero-order valence-corrected chi connectivity index (χ0v) is 17.1. The summed E-state index contributed by atoms with van der Waals surface area (Å²) in [4.78, 5) is 3.67. The minimum atomic E-state index is -3.70. The lowest BCUT2D eigenvalue weighted by atomic mass is 10.2. The molecule has 26 heavy (non-hydrogen) atoms. The fraction of sp³-hybridized carbons (Fsp3) is 0.312. The summed E-state index contributed by atoms with van der Waals surface area (Å²) in [6.07, 6.45) is 1.05. The predicted octanol–water partition coefficient (Wildman–Crippen LogP) is 3.39. The van der Waals surface area contributed by atoms with E-state index in [2.05, 4.69) is 4.98 Å². The van der Waals surface area contributed by atoms with Crippen LogP contribution in [0.25, 0.3) is 0 Å². The van der Waals surface area contributed by atoms with Gasteiger partial charge in [-0.3, -0.25) is 4.98 Å². The molecule has 0 saturated carbocycles. The van der Waals surface area contributed by atoms with E-state index >= 15 is 0 Å². The lowest BCUT2D eigenvalue weighted by Crippen LogP contribution is -2.15. The minimum absolute atomic E-state index is 0.124. The van der Waals surface area contributed by atoms with E-state index in [1.165, 1.54) is 32.0 Å². The van der Waals surface area contributed by atoms with E-state index in [1.54, 1.807) is 0 Å².